The molecule has 0 bridgehead atoms. The van der Waals surface area contributed by atoms with E-state index < -0.39 is 0 Å². The average Bonchev–Trinajstić information content (AvgIpc) is 2.39. The molecule has 5 heteroatoms. The van der Waals surface area contributed by atoms with Gasteiger partial charge in [0.1, 0.15) is 0 Å². The molecule has 2 fully saturated rings. The Kier molecular flexibility index (Phi) is 3.99. The smallest absolute Gasteiger partial charge is 0.280 e. The minimum Gasteiger partial charge on any atom is -0.369 e. The van der Waals surface area contributed by atoms with Crippen molar-refractivity contribution in [1.29, 1.82) is 0 Å². The molecule has 5 nitrogen and oxygen atoms in total. The first kappa shape index (κ1) is 12.4. The highest BCUT2D eigenvalue weighted by molar-refractivity contribution is 5.81. The summed E-state index contributed by atoms with van der Waals surface area (Å²) in [5.41, 5.74) is 5.28. The third-order valence-electron chi connectivity index (χ3n) is 3.95. The first-order chi connectivity index (χ1) is 8.18. The highest BCUT2D eigenvalue weighted by Crippen LogP contribution is 2.17. The van der Waals surface area contributed by atoms with Crippen molar-refractivity contribution in [3.05, 3.63) is 0 Å². The number of hydrogen-bond donors (Lipinski definition) is 2. The summed E-state index contributed by atoms with van der Waals surface area (Å²) in [6.45, 7) is 2.45. The Morgan fingerprint density at radius 3 is 2.35 bits per heavy atom. The van der Waals surface area contributed by atoms with Gasteiger partial charge in [-0.25, -0.2) is 0 Å². The number of nitrogens with two attached hydrogens (primary N) is 2. The van der Waals surface area contributed by atoms with Crippen molar-refractivity contribution < 1.29 is 14.9 Å². The summed E-state index contributed by atoms with van der Waals surface area (Å²) in [6, 6.07) is 0.119. The number of likely N-dealkylation sites (tertiary alicyclic amines) is 1. The van der Waals surface area contributed by atoms with Crippen molar-refractivity contribution in [2.24, 2.45) is 11.7 Å². The maximum atomic E-state index is 12.2. The van der Waals surface area contributed by atoms with Crippen LogP contribution in [0, 0.1) is 5.92 Å². The van der Waals surface area contributed by atoms with Crippen molar-refractivity contribution in [2.45, 2.75) is 38.1 Å². The molecule has 0 unspecified atom stereocenters. The summed E-state index contributed by atoms with van der Waals surface area (Å²) in [5, 5.41) is 2.16. The number of amides is 2. The van der Waals surface area contributed by atoms with Crippen molar-refractivity contribution in [3.8, 4) is 0 Å². The van der Waals surface area contributed by atoms with Crippen LogP contribution in [0.2, 0.25) is 0 Å². The molecule has 17 heavy (non-hydrogen) atoms. The van der Waals surface area contributed by atoms with Crippen LogP contribution in [0.3, 0.4) is 0 Å². The Bertz CT molecular complexity index is 292. The van der Waals surface area contributed by atoms with Crippen LogP contribution in [-0.4, -0.2) is 42.4 Å². The molecule has 96 valence electrons. The highest BCUT2D eigenvalue weighted by Gasteiger charge is 2.32. The lowest BCUT2D eigenvalue weighted by molar-refractivity contribution is -0.685. The zero-order chi connectivity index (χ0) is 12.3. The first-order valence-electron chi connectivity index (χ1n) is 6.60. The molecule has 2 rings (SSSR count). The maximum Gasteiger partial charge on any atom is 0.280 e. The minimum absolute atomic E-state index is 0.0330. The van der Waals surface area contributed by atoms with Gasteiger partial charge in [0.25, 0.3) is 5.91 Å². The molecular weight excluding hydrogens is 218 g/mol. The lowest BCUT2D eigenvalue weighted by Crippen LogP contribution is -2.94. The Morgan fingerprint density at radius 1 is 1.12 bits per heavy atom. The Morgan fingerprint density at radius 2 is 1.82 bits per heavy atom. The zero-order valence-electron chi connectivity index (χ0n) is 10.2. The largest absolute Gasteiger partial charge is 0.369 e. The van der Waals surface area contributed by atoms with Gasteiger partial charge in [-0.2, -0.15) is 0 Å². The van der Waals surface area contributed by atoms with Crippen LogP contribution >= 0.6 is 0 Å². The van der Waals surface area contributed by atoms with Crippen LogP contribution in [0.4, 0.5) is 0 Å². The molecule has 2 amide bonds. The molecule has 2 aliphatic rings. The van der Waals surface area contributed by atoms with Crippen LogP contribution in [0.25, 0.3) is 0 Å². The van der Waals surface area contributed by atoms with Gasteiger partial charge in [-0.05, 0) is 25.7 Å². The number of piperidine rings is 2. The Labute approximate surface area is 102 Å². The number of quaternary nitrogens is 1. The number of nitrogens with zero attached hydrogens (tertiary/aromatic N) is 1. The van der Waals surface area contributed by atoms with Crippen molar-refractivity contribution in [3.63, 3.8) is 0 Å². The van der Waals surface area contributed by atoms with Gasteiger partial charge in [0.05, 0.1) is 6.54 Å². The molecule has 0 aromatic heterocycles. The molecule has 0 saturated carbocycles. The third-order valence-corrected chi connectivity index (χ3v) is 3.95. The number of rotatable bonds is 2. The van der Waals surface area contributed by atoms with Gasteiger partial charge in [-0.3, -0.25) is 9.59 Å². The maximum absolute atomic E-state index is 12.2. The van der Waals surface area contributed by atoms with E-state index in [1.54, 1.807) is 0 Å². The molecule has 0 spiro atoms. The van der Waals surface area contributed by atoms with E-state index in [4.69, 9.17) is 5.73 Å². The molecule has 4 N–H and O–H groups in total. The molecule has 0 radical (unpaired) electrons. The minimum atomic E-state index is -0.221. The lowest BCUT2D eigenvalue weighted by Gasteiger charge is -2.33. The Hall–Kier alpha value is -1.10. The summed E-state index contributed by atoms with van der Waals surface area (Å²) >= 11 is 0. The van der Waals surface area contributed by atoms with E-state index in [1.807, 2.05) is 4.90 Å². The van der Waals surface area contributed by atoms with Crippen LogP contribution in [0.1, 0.15) is 32.1 Å². The Balaban J connectivity index is 1.83. The number of primary amides is 1. The molecule has 1 atom stereocenters. The van der Waals surface area contributed by atoms with Crippen LogP contribution in [0.15, 0.2) is 0 Å². The van der Waals surface area contributed by atoms with E-state index in [0.29, 0.717) is 13.1 Å². The van der Waals surface area contributed by atoms with Gasteiger partial charge in [0.15, 0.2) is 6.04 Å². The summed E-state index contributed by atoms with van der Waals surface area (Å²) in [4.78, 5) is 25.2. The SMILES string of the molecule is NC(=O)C1CCN(C(=O)[C@@H]2CCCC[NH2+]2)CC1. The third kappa shape index (κ3) is 2.97. The van der Waals surface area contributed by atoms with E-state index in [1.165, 1.54) is 6.42 Å². The van der Waals surface area contributed by atoms with Crippen molar-refractivity contribution in [1.82, 2.24) is 4.90 Å². The topological polar surface area (TPSA) is 80.0 Å². The fraction of sp³-hybridized carbons (Fsp3) is 0.833. The number of carbonyl (C=O) groups is 2. The van der Waals surface area contributed by atoms with Gasteiger partial charge in [-0.1, -0.05) is 0 Å². The average molecular weight is 240 g/mol. The first-order valence-corrected chi connectivity index (χ1v) is 6.60. The molecule has 2 heterocycles. The van der Waals surface area contributed by atoms with E-state index in [0.717, 1.165) is 32.2 Å². The number of hydrogen-bond acceptors (Lipinski definition) is 2. The van der Waals surface area contributed by atoms with E-state index in [9.17, 15) is 9.59 Å². The molecule has 0 aromatic rings. The van der Waals surface area contributed by atoms with Gasteiger partial charge >= 0.3 is 0 Å². The fourth-order valence-corrected chi connectivity index (χ4v) is 2.79. The van der Waals surface area contributed by atoms with Crippen LogP contribution < -0.4 is 11.1 Å². The monoisotopic (exact) mass is 240 g/mol. The fourth-order valence-electron chi connectivity index (χ4n) is 2.79. The van der Waals surface area contributed by atoms with E-state index in [2.05, 4.69) is 5.32 Å². The van der Waals surface area contributed by atoms with Gasteiger partial charge in [0, 0.05) is 25.4 Å². The van der Waals surface area contributed by atoms with Gasteiger partial charge in [-0.15, -0.1) is 0 Å². The molecule has 2 aliphatic heterocycles. The van der Waals surface area contributed by atoms with Gasteiger partial charge < -0.3 is 16.0 Å². The van der Waals surface area contributed by atoms with Gasteiger partial charge in [0.2, 0.25) is 5.91 Å². The van der Waals surface area contributed by atoms with Crippen molar-refractivity contribution >= 4 is 11.8 Å². The quantitative estimate of drug-likeness (QED) is 0.637. The second kappa shape index (κ2) is 5.49. The highest BCUT2D eigenvalue weighted by atomic mass is 16.2. The zero-order valence-corrected chi connectivity index (χ0v) is 10.2. The number of carbonyl (C=O) groups excluding carboxylic acids is 2. The van der Waals surface area contributed by atoms with Crippen LogP contribution in [0.5, 0.6) is 0 Å². The summed E-state index contributed by atoms with van der Waals surface area (Å²) < 4.78 is 0. The summed E-state index contributed by atoms with van der Waals surface area (Å²) in [5.74, 6) is 0.00309. The predicted molar refractivity (Wildman–Crippen MR) is 62.9 cm³/mol. The van der Waals surface area contributed by atoms with E-state index >= 15 is 0 Å². The normalized spacial score (nSPS) is 26.8. The molecule has 0 aliphatic carbocycles. The lowest BCUT2D eigenvalue weighted by atomic mass is 9.95. The molecule has 0 aromatic carbocycles. The molecule has 2 saturated heterocycles. The molecular formula is C12H22N3O2+. The second-order valence-corrected chi connectivity index (χ2v) is 5.13. The second-order valence-electron chi connectivity index (χ2n) is 5.13. The van der Waals surface area contributed by atoms with E-state index in [-0.39, 0.29) is 23.8 Å². The summed E-state index contributed by atoms with van der Waals surface area (Å²) in [7, 11) is 0. The van der Waals surface area contributed by atoms with Crippen molar-refractivity contribution in [2.75, 3.05) is 19.6 Å². The standard InChI is InChI=1S/C12H21N3O2/c13-11(16)9-4-7-15(8-5-9)12(17)10-3-1-2-6-14-10/h9-10,14H,1-8H2,(H2,13,16)/p+1/t10-/m0/s1. The van der Waals surface area contributed by atoms with Crippen LogP contribution in [-0.2, 0) is 9.59 Å². The summed E-state index contributed by atoms with van der Waals surface area (Å²) in [6.07, 6.45) is 4.83. The predicted octanol–water partition coefficient (Wildman–Crippen LogP) is -1.17.